The van der Waals surface area contributed by atoms with Gasteiger partial charge in [-0.2, -0.15) is 0 Å². The highest BCUT2D eigenvalue weighted by molar-refractivity contribution is 5.89. The molecule has 3 rings (SSSR count). The molecule has 0 saturated carbocycles. The Balaban J connectivity index is 1.76. The zero-order chi connectivity index (χ0) is 16.9. The summed E-state index contributed by atoms with van der Waals surface area (Å²) in [4.78, 5) is 20.6. The molecule has 24 heavy (non-hydrogen) atoms. The van der Waals surface area contributed by atoms with E-state index in [9.17, 15) is 4.79 Å². The van der Waals surface area contributed by atoms with E-state index in [0.29, 0.717) is 11.4 Å². The summed E-state index contributed by atoms with van der Waals surface area (Å²) in [6.45, 7) is 1.82. The van der Waals surface area contributed by atoms with Crippen LogP contribution >= 0.6 is 0 Å². The van der Waals surface area contributed by atoms with Crippen LogP contribution in [0.3, 0.4) is 0 Å². The van der Waals surface area contributed by atoms with E-state index >= 15 is 0 Å². The van der Waals surface area contributed by atoms with Crippen molar-refractivity contribution in [2.45, 2.75) is 13.0 Å². The molecule has 6 nitrogen and oxygen atoms in total. The van der Waals surface area contributed by atoms with Gasteiger partial charge >= 0.3 is 5.97 Å². The van der Waals surface area contributed by atoms with Crippen molar-refractivity contribution in [1.82, 2.24) is 14.5 Å². The summed E-state index contributed by atoms with van der Waals surface area (Å²) in [7, 11) is 1.60. The molecule has 2 heterocycles. The molecule has 0 fully saturated rings. The van der Waals surface area contributed by atoms with Gasteiger partial charge in [0.1, 0.15) is 24.0 Å². The molecular weight excluding hydrogens is 306 g/mol. The Labute approximate surface area is 139 Å². The van der Waals surface area contributed by atoms with E-state index in [4.69, 9.17) is 9.47 Å². The Hall–Kier alpha value is -3.15. The first kappa shape index (κ1) is 15.7. The maximum absolute atomic E-state index is 12.4. The largest absolute Gasteiger partial charge is 0.497 e. The van der Waals surface area contributed by atoms with Crippen molar-refractivity contribution < 1.29 is 14.3 Å². The van der Waals surface area contributed by atoms with Crippen molar-refractivity contribution in [1.29, 1.82) is 0 Å². The van der Waals surface area contributed by atoms with Gasteiger partial charge in [0, 0.05) is 18.6 Å². The number of benzene rings is 1. The van der Waals surface area contributed by atoms with Gasteiger partial charge in [-0.15, -0.1) is 0 Å². The number of rotatable bonds is 5. The summed E-state index contributed by atoms with van der Waals surface area (Å²) in [5, 5.41) is 0. The molecular formula is C18H17N3O3. The third-order valence-corrected chi connectivity index (χ3v) is 3.60. The molecule has 0 aliphatic rings. The molecule has 0 bridgehead atoms. The average molecular weight is 323 g/mol. The van der Waals surface area contributed by atoms with Crippen LogP contribution in [-0.2, 0) is 4.74 Å². The molecule has 1 aromatic carbocycles. The van der Waals surface area contributed by atoms with Gasteiger partial charge in [-0.3, -0.25) is 4.57 Å². The zero-order valence-corrected chi connectivity index (χ0v) is 13.4. The zero-order valence-electron chi connectivity index (χ0n) is 13.4. The van der Waals surface area contributed by atoms with Crippen LogP contribution in [0, 0.1) is 0 Å². The van der Waals surface area contributed by atoms with Crippen LogP contribution in [0.5, 0.6) is 5.75 Å². The lowest BCUT2D eigenvalue weighted by Crippen LogP contribution is -2.10. The maximum atomic E-state index is 12.4. The predicted octanol–water partition coefficient (Wildman–Crippen LogP) is 3.19. The average Bonchev–Trinajstić information content (AvgIpc) is 3.16. The van der Waals surface area contributed by atoms with Crippen molar-refractivity contribution in [3.63, 3.8) is 0 Å². The monoisotopic (exact) mass is 323 g/mol. The number of imidazole rings is 1. The summed E-state index contributed by atoms with van der Waals surface area (Å²) in [5.41, 5.74) is 1.30. The maximum Gasteiger partial charge on any atom is 0.338 e. The molecule has 0 spiro atoms. The van der Waals surface area contributed by atoms with E-state index in [2.05, 4.69) is 9.97 Å². The highest BCUT2D eigenvalue weighted by atomic mass is 16.5. The summed E-state index contributed by atoms with van der Waals surface area (Å²) >= 11 is 0. The van der Waals surface area contributed by atoms with E-state index in [1.54, 1.807) is 48.7 Å². The first-order valence-corrected chi connectivity index (χ1v) is 7.46. The molecule has 2 aromatic heterocycles. The molecule has 0 saturated heterocycles. The topological polar surface area (TPSA) is 66.2 Å². The summed E-state index contributed by atoms with van der Waals surface area (Å²) in [5.74, 6) is 0.923. The SMILES string of the molecule is COc1cccc(C(C)OC(=O)c2ccnc(-n3ccnc3)c2)c1. The summed E-state index contributed by atoms with van der Waals surface area (Å²) < 4.78 is 12.5. The second-order valence-corrected chi connectivity index (χ2v) is 5.20. The molecule has 3 aromatic rings. The lowest BCUT2D eigenvalue weighted by molar-refractivity contribution is 0.0337. The van der Waals surface area contributed by atoms with E-state index in [0.717, 1.165) is 11.3 Å². The smallest absolute Gasteiger partial charge is 0.338 e. The minimum atomic E-state index is -0.408. The van der Waals surface area contributed by atoms with Crippen LogP contribution in [0.15, 0.2) is 61.3 Å². The van der Waals surface area contributed by atoms with Crippen molar-refractivity contribution in [2.75, 3.05) is 7.11 Å². The van der Waals surface area contributed by atoms with Gasteiger partial charge in [0.25, 0.3) is 0 Å². The van der Waals surface area contributed by atoms with Crippen LogP contribution in [0.4, 0.5) is 0 Å². The van der Waals surface area contributed by atoms with E-state index in [-0.39, 0.29) is 0 Å². The van der Waals surface area contributed by atoms with Crippen LogP contribution in [0.25, 0.3) is 5.82 Å². The van der Waals surface area contributed by atoms with Crippen molar-refractivity contribution in [3.05, 3.63) is 72.4 Å². The molecule has 6 heteroatoms. The van der Waals surface area contributed by atoms with Crippen molar-refractivity contribution in [3.8, 4) is 11.6 Å². The van der Waals surface area contributed by atoms with Crippen LogP contribution < -0.4 is 4.74 Å². The summed E-state index contributed by atoms with van der Waals surface area (Å²) in [6, 6.07) is 10.7. The number of hydrogen-bond donors (Lipinski definition) is 0. The Morgan fingerprint density at radius 1 is 1.21 bits per heavy atom. The van der Waals surface area contributed by atoms with Crippen LogP contribution in [0.1, 0.15) is 28.9 Å². The third-order valence-electron chi connectivity index (χ3n) is 3.60. The fourth-order valence-electron chi connectivity index (χ4n) is 2.27. The van der Waals surface area contributed by atoms with Gasteiger partial charge in [-0.25, -0.2) is 14.8 Å². The van der Waals surface area contributed by atoms with Gasteiger partial charge in [-0.1, -0.05) is 12.1 Å². The molecule has 0 amide bonds. The van der Waals surface area contributed by atoms with Crippen LogP contribution in [-0.4, -0.2) is 27.6 Å². The van der Waals surface area contributed by atoms with Crippen molar-refractivity contribution >= 4 is 5.97 Å². The first-order chi connectivity index (χ1) is 11.7. The fraction of sp³-hybridized carbons (Fsp3) is 0.167. The second kappa shape index (κ2) is 6.95. The van der Waals surface area contributed by atoms with E-state index in [1.807, 2.05) is 31.2 Å². The molecule has 0 aliphatic heterocycles. The van der Waals surface area contributed by atoms with Gasteiger partial charge in [0.05, 0.1) is 12.7 Å². The molecule has 1 atom stereocenters. The predicted molar refractivity (Wildman–Crippen MR) is 88.2 cm³/mol. The Morgan fingerprint density at radius 2 is 2.08 bits per heavy atom. The second-order valence-electron chi connectivity index (χ2n) is 5.20. The standard InChI is InChI=1S/C18H17N3O3/c1-13(14-4-3-5-16(10-14)23-2)24-18(22)15-6-7-20-17(11-15)21-9-8-19-12-21/h3-13H,1-2H3. The summed E-state index contributed by atoms with van der Waals surface area (Å²) in [6.07, 6.45) is 6.21. The number of hydrogen-bond acceptors (Lipinski definition) is 5. The van der Waals surface area contributed by atoms with Gasteiger partial charge in [0.15, 0.2) is 0 Å². The molecule has 1 unspecified atom stereocenters. The molecule has 0 aliphatic carbocycles. The quantitative estimate of drug-likeness (QED) is 0.675. The number of ether oxygens (including phenoxy) is 2. The lowest BCUT2D eigenvalue weighted by Gasteiger charge is -2.14. The Morgan fingerprint density at radius 3 is 2.83 bits per heavy atom. The van der Waals surface area contributed by atoms with E-state index in [1.165, 1.54) is 0 Å². The molecule has 0 radical (unpaired) electrons. The number of pyridine rings is 1. The highest BCUT2D eigenvalue weighted by Crippen LogP contribution is 2.23. The first-order valence-electron chi connectivity index (χ1n) is 7.46. The number of methoxy groups -OCH3 is 1. The number of nitrogens with zero attached hydrogens (tertiary/aromatic N) is 3. The Bertz CT molecular complexity index is 831. The lowest BCUT2D eigenvalue weighted by atomic mass is 10.1. The van der Waals surface area contributed by atoms with Gasteiger partial charge < -0.3 is 9.47 Å². The number of carbonyl (C=O) groups excluding carboxylic acids is 1. The van der Waals surface area contributed by atoms with Crippen molar-refractivity contribution in [2.24, 2.45) is 0 Å². The fourth-order valence-corrected chi connectivity index (χ4v) is 2.27. The van der Waals surface area contributed by atoms with E-state index < -0.39 is 12.1 Å². The molecule has 122 valence electrons. The Kier molecular flexibility index (Phi) is 4.56. The minimum absolute atomic E-state index is 0.391. The highest BCUT2D eigenvalue weighted by Gasteiger charge is 2.15. The molecule has 0 N–H and O–H groups in total. The van der Waals surface area contributed by atoms with Crippen LogP contribution in [0.2, 0.25) is 0 Å². The minimum Gasteiger partial charge on any atom is -0.497 e. The number of carbonyl (C=O) groups is 1. The number of esters is 1. The van der Waals surface area contributed by atoms with Gasteiger partial charge in [0.2, 0.25) is 0 Å². The third kappa shape index (κ3) is 3.43. The normalized spacial score (nSPS) is 11.8. The van der Waals surface area contributed by atoms with Gasteiger partial charge in [-0.05, 0) is 36.8 Å². The number of aromatic nitrogens is 3.